The van der Waals surface area contributed by atoms with Gasteiger partial charge in [-0.1, -0.05) is 32.1 Å². The summed E-state index contributed by atoms with van der Waals surface area (Å²) in [5, 5.41) is 9.12. The minimum Gasteiger partial charge on any atom is -0.480 e. The molecule has 2 rings (SSSR count). The first-order chi connectivity index (χ1) is 8.70. The average Bonchev–Trinajstić information content (AvgIpc) is 2.76. The van der Waals surface area contributed by atoms with Crippen molar-refractivity contribution >= 4 is 23.6 Å². The van der Waals surface area contributed by atoms with Gasteiger partial charge in [0.1, 0.15) is 6.04 Å². The predicted molar refractivity (Wildman–Crippen MR) is 71.4 cm³/mol. The number of hydrogen-bond acceptors (Lipinski definition) is 3. The number of thioether (sulfide) groups is 1. The number of carbonyl (C=O) groups is 2. The lowest BCUT2D eigenvalue weighted by Crippen LogP contribution is -2.44. The van der Waals surface area contributed by atoms with Crippen LogP contribution in [0.3, 0.4) is 0 Å². The molecule has 4 nitrogen and oxygen atoms in total. The third-order valence-corrected chi connectivity index (χ3v) is 4.92. The molecule has 1 atom stereocenters. The summed E-state index contributed by atoms with van der Waals surface area (Å²) in [6, 6.07) is -0.604. The Morgan fingerprint density at radius 2 is 1.67 bits per heavy atom. The van der Waals surface area contributed by atoms with Crippen molar-refractivity contribution in [2.24, 2.45) is 5.92 Å². The standard InChI is InChI=1S/C13H21NO3S/c15-12(10-6-4-2-1-3-5-7-10)14-9-18-8-11(14)13(16)17/h10-11H,1-9H2,(H,16,17). The molecule has 1 saturated heterocycles. The highest BCUT2D eigenvalue weighted by Crippen LogP contribution is 2.28. The molecule has 18 heavy (non-hydrogen) atoms. The first-order valence-corrected chi connectivity index (χ1v) is 7.96. The van der Waals surface area contributed by atoms with E-state index in [1.165, 1.54) is 19.3 Å². The minimum atomic E-state index is -0.862. The molecule has 1 saturated carbocycles. The zero-order chi connectivity index (χ0) is 13.0. The summed E-state index contributed by atoms with van der Waals surface area (Å²) in [4.78, 5) is 25.1. The largest absolute Gasteiger partial charge is 0.480 e. The third-order valence-electron chi connectivity index (χ3n) is 3.90. The molecule has 0 aromatic rings. The number of aliphatic carboxylic acids is 1. The van der Waals surface area contributed by atoms with Crippen LogP contribution >= 0.6 is 11.8 Å². The highest BCUT2D eigenvalue weighted by Gasteiger charge is 2.37. The second kappa shape index (κ2) is 6.45. The van der Waals surface area contributed by atoms with E-state index in [-0.39, 0.29) is 11.8 Å². The van der Waals surface area contributed by atoms with Gasteiger partial charge in [0.05, 0.1) is 5.88 Å². The zero-order valence-electron chi connectivity index (χ0n) is 10.6. The summed E-state index contributed by atoms with van der Waals surface area (Å²) in [6.07, 6.45) is 7.78. The summed E-state index contributed by atoms with van der Waals surface area (Å²) in [7, 11) is 0. The van der Waals surface area contributed by atoms with Crippen molar-refractivity contribution in [1.29, 1.82) is 0 Å². The second-order valence-corrected chi connectivity index (χ2v) is 6.20. The third kappa shape index (κ3) is 3.19. The fourth-order valence-corrected chi connectivity index (χ4v) is 3.96. The van der Waals surface area contributed by atoms with Gasteiger partial charge in [-0.15, -0.1) is 11.8 Å². The highest BCUT2D eigenvalue weighted by atomic mass is 32.2. The van der Waals surface area contributed by atoms with Crippen LogP contribution in [0.15, 0.2) is 0 Å². The molecular weight excluding hydrogens is 250 g/mol. The topological polar surface area (TPSA) is 57.6 Å². The molecule has 1 unspecified atom stereocenters. The first kappa shape index (κ1) is 13.7. The van der Waals surface area contributed by atoms with Crippen LogP contribution in [-0.2, 0) is 9.59 Å². The Kier molecular flexibility index (Phi) is 4.92. The first-order valence-electron chi connectivity index (χ1n) is 6.81. The molecule has 0 radical (unpaired) electrons. The second-order valence-electron chi connectivity index (χ2n) is 5.20. The molecule has 1 aliphatic heterocycles. The summed E-state index contributed by atoms with van der Waals surface area (Å²) in [5.41, 5.74) is 0. The fraction of sp³-hybridized carbons (Fsp3) is 0.846. The van der Waals surface area contributed by atoms with Crippen molar-refractivity contribution in [3.8, 4) is 0 Å². The van der Waals surface area contributed by atoms with E-state index < -0.39 is 12.0 Å². The Bertz CT molecular complexity index is 313. The number of rotatable bonds is 2. The van der Waals surface area contributed by atoms with Crippen molar-refractivity contribution in [3.63, 3.8) is 0 Å². The van der Waals surface area contributed by atoms with E-state index in [4.69, 9.17) is 5.11 Å². The summed E-state index contributed by atoms with van der Waals surface area (Å²) >= 11 is 1.54. The monoisotopic (exact) mass is 271 g/mol. The summed E-state index contributed by atoms with van der Waals surface area (Å²) in [6.45, 7) is 0. The minimum absolute atomic E-state index is 0.0610. The molecular formula is C13H21NO3S. The van der Waals surface area contributed by atoms with Gasteiger partial charge < -0.3 is 10.0 Å². The highest BCUT2D eigenvalue weighted by molar-refractivity contribution is 7.99. The fourth-order valence-electron chi connectivity index (χ4n) is 2.80. The summed E-state index contributed by atoms with van der Waals surface area (Å²) < 4.78 is 0. The van der Waals surface area contributed by atoms with Crippen LogP contribution in [0.1, 0.15) is 44.9 Å². The number of hydrogen-bond donors (Lipinski definition) is 1. The van der Waals surface area contributed by atoms with Gasteiger partial charge in [0.15, 0.2) is 0 Å². The Morgan fingerprint density at radius 3 is 2.28 bits per heavy atom. The van der Waals surface area contributed by atoms with E-state index in [1.807, 2.05) is 0 Å². The van der Waals surface area contributed by atoms with Gasteiger partial charge in [-0.2, -0.15) is 0 Å². The average molecular weight is 271 g/mol. The molecule has 1 aliphatic carbocycles. The number of nitrogens with zero attached hydrogens (tertiary/aromatic N) is 1. The van der Waals surface area contributed by atoms with E-state index in [0.29, 0.717) is 11.6 Å². The quantitative estimate of drug-likeness (QED) is 0.837. The molecule has 2 aliphatic rings. The molecule has 5 heteroatoms. The van der Waals surface area contributed by atoms with Crippen LogP contribution in [-0.4, -0.2) is 39.6 Å². The van der Waals surface area contributed by atoms with Gasteiger partial charge in [-0.3, -0.25) is 4.79 Å². The van der Waals surface area contributed by atoms with Crippen LogP contribution in [0.5, 0.6) is 0 Å². The Labute approximate surface area is 112 Å². The lowest BCUT2D eigenvalue weighted by atomic mass is 9.90. The summed E-state index contributed by atoms with van der Waals surface area (Å²) in [5.74, 6) is 0.361. The van der Waals surface area contributed by atoms with E-state index >= 15 is 0 Å². The van der Waals surface area contributed by atoms with Crippen molar-refractivity contribution in [2.45, 2.75) is 51.0 Å². The van der Waals surface area contributed by atoms with Gasteiger partial charge in [-0.25, -0.2) is 4.79 Å². The predicted octanol–water partition coefficient (Wildman–Crippen LogP) is 2.33. The van der Waals surface area contributed by atoms with Gasteiger partial charge in [0.2, 0.25) is 5.91 Å². The van der Waals surface area contributed by atoms with Crippen LogP contribution in [0.25, 0.3) is 0 Å². The molecule has 0 spiro atoms. The molecule has 2 fully saturated rings. The smallest absolute Gasteiger partial charge is 0.327 e. The maximum atomic E-state index is 12.4. The van der Waals surface area contributed by atoms with Crippen molar-refractivity contribution < 1.29 is 14.7 Å². The number of amides is 1. The lowest BCUT2D eigenvalue weighted by molar-refractivity contribution is -0.149. The molecule has 0 aromatic carbocycles. The van der Waals surface area contributed by atoms with E-state index in [9.17, 15) is 9.59 Å². The van der Waals surface area contributed by atoms with E-state index in [0.717, 1.165) is 25.7 Å². The molecule has 0 bridgehead atoms. The van der Waals surface area contributed by atoms with Gasteiger partial charge >= 0.3 is 5.97 Å². The number of carbonyl (C=O) groups excluding carboxylic acids is 1. The van der Waals surface area contributed by atoms with Gasteiger partial charge in [-0.05, 0) is 12.8 Å². The SMILES string of the molecule is O=C(O)C1CSCN1C(=O)C1CCCCCCC1. The molecule has 1 amide bonds. The van der Waals surface area contributed by atoms with Gasteiger partial charge in [0, 0.05) is 11.7 Å². The molecule has 1 heterocycles. The van der Waals surface area contributed by atoms with Crippen LogP contribution in [0.2, 0.25) is 0 Å². The number of carboxylic acids is 1. The Hall–Kier alpha value is -0.710. The maximum Gasteiger partial charge on any atom is 0.327 e. The lowest BCUT2D eigenvalue weighted by Gasteiger charge is -2.27. The van der Waals surface area contributed by atoms with E-state index in [1.54, 1.807) is 16.7 Å². The normalized spacial score (nSPS) is 26.7. The van der Waals surface area contributed by atoms with E-state index in [2.05, 4.69) is 0 Å². The van der Waals surface area contributed by atoms with Crippen molar-refractivity contribution in [3.05, 3.63) is 0 Å². The number of carboxylic acid groups (broad SMARTS) is 1. The van der Waals surface area contributed by atoms with Crippen molar-refractivity contribution in [1.82, 2.24) is 4.90 Å². The van der Waals surface area contributed by atoms with Crippen LogP contribution in [0, 0.1) is 5.92 Å². The van der Waals surface area contributed by atoms with Crippen LogP contribution in [0.4, 0.5) is 0 Å². The van der Waals surface area contributed by atoms with Crippen molar-refractivity contribution in [2.75, 3.05) is 11.6 Å². The maximum absolute atomic E-state index is 12.4. The molecule has 102 valence electrons. The Morgan fingerprint density at radius 1 is 1.06 bits per heavy atom. The zero-order valence-corrected chi connectivity index (χ0v) is 11.5. The van der Waals surface area contributed by atoms with Gasteiger partial charge in [0.25, 0.3) is 0 Å². The molecule has 0 aromatic heterocycles. The van der Waals surface area contributed by atoms with Crippen LogP contribution < -0.4 is 0 Å². The Balaban J connectivity index is 1.98. The molecule has 1 N–H and O–H groups in total.